The molecule has 0 bridgehead atoms. The summed E-state index contributed by atoms with van der Waals surface area (Å²) in [5.74, 6) is 0.420. The van der Waals surface area contributed by atoms with E-state index in [1.54, 1.807) is 7.11 Å². The van der Waals surface area contributed by atoms with Crippen molar-refractivity contribution in [2.24, 2.45) is 0 Å². The van der Waals surface area contributed by atoms with Gasteiger partial charge in [-0.25, -0.2) is 0 Å². The zero-order chi connectivity index (χ0) is 8.97. The molecule has 1 rings (SSSR count). The summed E-state index contributed by atoms with van der Waals surface area (Å²) in [4.78, 5) is 0. The van der Waals surface area contributed by atoms with E-state index < -0.39 is 0 Å². The van der Waals surface area contributed by atoms with Crippen molar-refractivity contribution in [1.29, 1.82) is 0 Å². The van der Waals surface area contributed by atoms with Crippen molar-refractivity contribution in [1.82, 2.24) is 5.16 Å². The van der Waals surface area contributed by atoms with E-state index in [0.29, 0.717) is 12.5 Å². The lowest BCUT2D eigenvalue weighted by atomic mass is 10.1. The topological polar surface area (TPSA) is 61.3 Å². The summed E-state index contributed by atoms with van der Waals surface area (Å²) < 4.78 is 9.80. The van der Waals surface area contributed by atoms with E-state index in [-0.39, 0.29) is 0 Å². The highest BCUT2D eigenvalue weighted by Gasteiger charge is 2.11. The van der Waals surface area contributed by atoms with Gasteiger partial charge in [0.25, 0.3) is 0 Å². The SMILES string of the molecule is CCCc1c(COC)noc1N. The highest BCUT2D eigenvalue weighted by molar-refractivity contribution is 5.38. The number of nitrogen functional groups attached to an aromatic ring is 1. The first-order chi connectivity index (χ1) is 5.79. The van der Waals surface area contributed by atoms with Gasteiger partial charge in [0.2, 0.25) is 5.88 Å². The van der Waals surface area contributed by atoms with Gasteiger partial charge in [0, 0.05) is 12.7 Å². The van der Waals surface area contributed by atoms with Crippen molar-refractivity contribution in [2.75, 3.05) is 12.8 Å². The minimum absolute atomic E-state index is 0.420. The molecular weight excluding hydrogens is 156 g/mol. The summed E-state index contributed by atoms with van der Waals surface area (Å²) >= 11 is 0. The summed E-state index contributed by atoms with van der Waals surface area (Å²) in [5, 5.41) is 3.80. The lowest BCUT2D eigenvalue weighted by molar-refractivity contribution is 0.177. The van der Waals surface area contributed by atoms with Crippen LogP contribution < -0.4 is 5.73 Å². The molecule has 1 aromatic heterocycles. The predicted molar refractivity (Wildman–Crippen MR) is 45.6 cm³/mol. The first-order valence-corrected chi connectivity index (χ1v) is 4.01. The van der Waals surface area contributed by atoms with E-state index in [1.807, 2.05) is 0 Å². The Hall–Kier alpha value is -1.03. The van der Waals surface area contributed by atoms with Crippen LogP contribution in [-0.4, -0.2) is 12.3 Å². The van der Waals surface area contributed by atoms with E-state index in [2.05, 4.69) is 12.1 Å². The van der Waals surface area contributed by atoms with Crippen LogP contribution in [0.4, 0.5) is 5.88 Å². The number of nitrogens with two attached hydrogens (primary N) is 1. The standard InChI is InChI=1S/C8H14N2O2/c1-3-4-6-7(5-11-2)10-12-8(6)9/h3-5,9H2,1-2H3. The molecule has 4 heteroatoms. The van der Waals surface area contributed by atoms with Crippen molar-refractivity contribution >= 4 is 5.88 Å². The Kier molecular flexibility index (Phi) is 3.10. The van der Waals surface area contributed by atoms with Gasteiger partial charge in [-0.15, -0.1) is 0 Å². The van der Waals surface area contributed by atoms with Crippen LogP contribution in [0, 0.1) is 0 Å². The molecular formula is C8H14N2O2. The number of aromatic nitrogens is 1. The molecule has 4 nitrogen and oxygen atoms in total. The molecule has 0 amide bonds. The number of rotatable bonds is 4. The molecule has 0 spiro atoms. The number of methoxy groups -OCH3 is 1. The maximum Gasteiger partial charge on any atom is 0.225 e. The highest BCUT2D eigenvalue weighted by atomic mass is 16.5. The Bertz CT molecular complexity index is 245. The third-order valence-electron chi connectivity index (χ3n) is 1.68. The van der Waals surface area contributed by atoms with Crippen molar-refractivity contribution < 1.29 is 9.26 Å². The largest absolute Gasteiger partial charge is 0.378 e. The molecule has 0 saturated heterocycles. The second kappa shape index (κ2) is 4.11. The third-order valence-corrected chi connectivity index (χ3v) is 1.68. The summed E-state index contributed by atoms with van der Waals surface area (Å²) in [6, 6.07) is 0. The normalized spacial score (nSPS) is 10.5. The lowest BCUT2D eigenvalue weighted by Gasteiger charge is -1.97. The van der Waals surface area contributed by atoms with Crippen LogP contribution in [0.1, 0.15) is 24.6 Å². The Labute approximate surface area is 71.7 Å². The molecule has 0 saturated carbocycles. The molecule has 2 N–H and O–H groups in total. The Balaban J connectivity index is 2.80. The van der Waals surface area contributed by atoms with Gasteiger partial charge < -0.3 is 15.0 Å². The molecule has 0 radical (unpaired) electrons. The fraction of sp³-hybridized carbons (Fsp3) is 0.625. The quantitative estimate of drug-likeness (QED) is 0.741. The first-order valence-electron chi connectivity index (χ1n) is 4.01. The zero-order valence-corrected chi connectivity index (χ0v) is 7.46. The van der Waals surface area contributed by atoms with Gasteiger partial charge in [0.05, 0.1) is 6.61 Å². The van der Waals surface area contributed by atoms with Crippen LogP contribution in [0.5, 0.6) is 0 Å². The minimum atomic E-state index is 0.420. The van der Waals surface area contributed by atoms with Crippen LogP contribution in [0.15, 0.2) is 4.52 Å². The highest BCUT2D eigenvalue weighted by Crippen LogP contribution is 2.18. The second-order valence-electron chi connectivity index (χ2n) is 2.66. The van der Waals surface area contributed by atoms with Gasteiger partial charge in [-0.3, -0.25) is 0 Å². The molecule has 0 unspecified atom stereocenters. The fourth-order valence-electron chi connectivity index (χ4n) is 1.12. The Morgan fingerprint density at radius 1 is 1.58 bits per heavy atom. The monoisotopic (exact) mass is 170 g/mol. The van der Waals surface area contributed by atoms with Gasteiger partial charge in [-0.05, 0) is 6.42 Å². The van der Waals surface area contributed by atoms with Crippen LogP contribution >= 0.6 is 0 Å². The van der Waals surface area contributed by atoms with E-state index in [1.165, 1.54) is 0 Å². The number of nitrogens with zero attached hydrogens (tertiary/aromatic N) is 1. The number of ether oxygens (including phenoxy) is 1. The van der Waals surface area contributed by atoms with E-state index >= 15 is 0 Å². The molecule has 0 aliphatic heterocycles. The molecule has 0 atom stereocenters. The van der Waals surface area contributed by atoms with E-state index in [9.17, 15) is 0 Å². The van der Waals surface area contributed by atoms with Crippen LogP contribution in [0.3, 0.4) is 0 Å². The second-order valence-corrected chi connectivity index (χ2v) is 2.66. The summed E-state index contributed by atoms with van der Waals surface area (Å²) in [5.41, 5.74) is 7.38. The first kappa shape index (κ1) is 9.06. The average Bonchev–Trinajstić information content (AvgIpc) is 2.37. The van der Waals surface area contributed by atoms with E-state index in [4.69, 9.17) is 15.0 Å². The summed E-state index contributed by atoms with van der Waals surface area (Å²) in [6.07, 6.45) is 1.93. The smallest absolute Gasteiger partial charge is 0.225 e. The van der Waals surface area contributed by atoms with Crippen molar-refractivity contribution in [2.45, 2.75) is 26.4 Å². The predicted octanol–water partition coefficient (Wildman–Crippen LogP) is 1.36. The third kappa shape index (κ3) is 1.76. The minimum Gasteiger partial charge on any atom is -0.378 e. The van der Waals surface area contributed by atoms with Gasteiger partial charge >= 0.3 is 0 Å². The van der Waals surface area contributed by atoms with Crippen LogP contribution in [0.25, 0.3) is 0 Å². The van der Waals surface area contributed by atoms with Crippen LogP contribution in [0.2, 0.25) is 0 Å². The van der Waals surface area contributed by atoms with Gasteiger partial charge in [0.15, 0.2) is 0 Å². The lowest BCUT2D eigenvalue weighted by Crippen LogP contribution is -1.96. The Morgan fingerprint density at radius 2 is 2.33 bits per heavy atom. The maximum absolute atomic E-state index is 5.57. The van der Waals surface area contributed by atoms with Crippen molar-refractivity contribution in [3.63, 3.8) is 0 Å². The molecule has 0 fully saturated rings. The maximum atomic E-state index is 5.57. The van der Waals surface area contributed by atoms with Gasteiger partial charge in [0.1, 0.15) is 5.69 Å². The molecule has 0 aromatic carbocycles. The van der Waals surface area contributed by atoms with Crippen LogP contribution in [-0.2, 0) is 17.8 Å². The van der Waals surface area contributed by atoms with Crippen molar-refractivity contribution in [3.05, 3.63) is 11.3 Å². The van der Waals surface area contributed by atoms with Gasteiger partial charge in [-0.1, -0.05) is 18.5 Å². The molecule has 12 heavy (non-hydrogen) atoms. The summed E-state index contributed by atoms with van der Waals surface area (Å²) in [7, 11) is 1.63. The molecule has 1 aromatic rings. The van der Waals surface area contributed by atoms with E-state index in [0.717, 1.165) is 24.1 Å². The Morgan fingerprint density at radius 3 is 2.92 bits per heavy atom. The van der Waals surface area contributed by atoms with Gasteiger partial charge in [-0.2, -0.15) is 0 Å². The fourth-order valence-corrected chi connectivity index (χ4v) is 1.12. The molecule has 1 heterocycles. The van der Waals surface area contributed by atoms with Crippen molar-refractivity contribution in [3.8, 4) is 0 Å². The molecule has 68 valence electrons. The molecule has 0 aliphatic rings. The summed E-state index contributed by atoms with van der Waals surface area (Å²) in [6.45, 7) is 2.55. The zero-order valence-electron chi connectivity index (χ0n) is 7.46. The number of hydrogen-bond acceptors (Lipinski definition) is 4. The molecule has 0 aliphatic carbocycles. The number of hydrogen-bond donors (Lipinski definition) is 1. The number of anilines is 1. The average molecular weight is 170 g/mol.